The molecule has 1 fully saturated rings. The Kier molecular flexibility index (Phi) is 3.65. The summed E-state index contributed by atoms with van der Waals surface area (Å²) in [6, 6.07) is 18.5. The first-order chi connectivity index (χ1) is 9.35. The molecule has 2 aromatic carbocycles. The van der Waals surface area contributed by atoms with Gasteiger partial charge in [-0.15, -0.1) is 0 Å². The van der Waals surface area contributed by atoms with Crippen LogP contribution in [0.4, 0.5) is 0 Å². The standard InChI is InChI=1S/C18H21N/c1-2-14-4-3-5-17(12-14)16-8-6-15(7-9-16)13-19-18-10-11-18/h3-9,12,18-19H,2,10-11,13H2,1H3. The molecular weight excluding hydrogens is 230 g/mol. The van der Waals surface area contributed by atoms with Gasteiger partial charge in [-0.05, 0) is 41.5 Å². The van der Waals surface area contributed by atoms with Gasteiger partial charge >= 0.3 is 0 Å². The molecule has 0 aromatic heterocycles. The van der Waals surface area contributed by atoms with Crippen LogP contribution in [-0.2, 0) is 13.0 Å². The van der Waals surface area contributed by atoms with Crippen molar-refractivity contribution in [2.75, 3.05) is 0 Å². The highest BCUT2D eigenvalue weighted by atomic mass is 14.9. The molecule has 3 rings (SSSR count). The predicted octanol–water partition coefficient (Wildman–Crippen LogP) is 4.17. The van der Waals surface area contributed by atoms with Gasteiger partial charge in [0.05, 0.1) is 0 Å². The molecule has 1 N–H and O–H groups in total. The molecule has 0 spiro atoms. The van der Waals surface area contributed by atoms with Crippen molar-refractivity contribution in [3.63, 3.8) is 0 Å². The van der Waals surface area contributed by atoms with Gasteiger partial charge in [0, 0.05) is 12.6 Å². The van der Waals surface area contributed by atoms with E-state index in [2.05, 4.69) is 60.8 Å². The van der Waals surface area contributed by atoms with E-state index < -0.39 is 0 Å². The van der Waals surface area contributed by atoms with E-state index in [9.17, 15) is 0 Å². The fourth-order valence-corrected chi connectivity index (χ4v) is 2.34. The second-order valence-electron chi connectivity index (χ2n) is 5.41. The van der Waals surface area contributed by atoms with E-state index in [0.717, 1.165) is 19.0 Å². The average Bonchev–Trinajstić information content (AvgIpc) is 3.30. The lowest BCUT2D eigenvalue weighted by molar-refractivity contribution is 0.688. The van der Waals surface area contributed by atoms with Crippen molar-refractivity contribution in [1.29, 1.82) is 0 Å². The lowest BCUT2D eigenvalue weighted by Gasteiger charge is -2.07. The molecule has 0 radical (unpaired) electrons. The Morgan fingerprint density at radius 1 is 0.947 bits per heavy atom. The molecule has 1 aliphatic carbocycles. The molecule has 1 aliphatic rings. The zero-order chi connectivity index (χ0) is 13.1. The van der Waals surface area contributed by atoms with Crippen LogP contribution in [0.3, 0.4) is 0 Å². The number of nitrogens with one attached hydrogen (secondary N) is 1. The average molecular weight is 251 g/mol. The maximum absolute atomic E-state index is 3.55. The van der Waals surface area contributed by atoms with Gasteiger partial charge in [0.1, 0.15) is 0 Å². The zero-order valence-electron chi connectivity index (χ0n) is 11.5. The summed E-state index contributed by atoms with van der Waals surface area (Å²) in [7, 11) is 0. The third kappa shape index (κ3) is 3.24. The quantitative estimate of drug-likeness (QED) is 0.841. The van der Waals surface area contributed by atoms with Gasteiger partial charge in [-0.25, -0.2) is 0 Å². The summed E-state index contributed by atoms with van der Waals surface area (Å²) >= 11 is 0. The summed E-state index contributed by atoms with van der Waals surface area (Å²) in [4.78, 5) is 0. The molecule has 0 aliphatic heterocycles. The number of benzene rings is 2. The van der Waals surface area contributed by atoms with Crippen LogP contribution in [-0.4, -0.2) is 6.04 Å². The SMILES string of the molecule is CCc1cccc(-c2ccc(CNC3CC3)cc2)c1. The van der Waals surface area contributed by atoms with E-state index in [0.29, 0.717) is 0 Å². The van der Waals surface area contributed by atoms with E-state index in [4.69, 9.17) is 0 Å². The Morgan fingerprint density at radius 2 is 1.74 bits per heavy atom. The summed E-state index contributed by atoms with van der Waals surface area (Å²) in [5.74, 6) is 0. The molecule has 2 aromatic rings. The third-order valence-electron chi connectivity index (χ3n) is 3.79. The maximum atomic E-state index is 3.55. The Morgan fingerprint density at radius 3 is 2.42 bits per heavy atom. The highest BCUT2D eigenvalue weighted by Gasteiger charge is 2.19. The van der Waals surface area contributed by atoms with Gasteiger partial charge in [-0.2, -0.15) is 0 Å². The van der Waals surface area contributed by atoms with Crippen LogP contribution in [0.2, 0.25) is 0 Å². The molecule has 0 amide bonds. The Hall–Kier alpha value is -1.60. The second-order valence-corrected chi connectivity index (χ2v) is 5.41. The van der Waals surface area contributed by atoms with E-state index in [1.807, 2.05) is 0 Å². The Balaban J connectivity index is 1.72. The van der Waals surface area contributed by atoms with Crippen molar-refractivity contribution in [3.8, 4) is 11.1 Å². The van der Waals surface area contributed by atoms with E-state index >= 15 is 0 Å². The van der Waals surface area contributed by atoms with Crippen molar-refractivity contribution >= 4 is 0 Å². The van der Waals surface area contributed by atoms with Gasteiger partial charge in [0.25, 0.3) is 0 Å². The smallest absolute Gasteiger partial charge is 0.0208 e. The number of rotatable bonds is 5. The van der Waals surface area contributed by atoms with E-state index in [-0.39, 0.29) is 0 Å². The summed E-state index contributed by atoms with van der Waals surface area (Å²) in [6.07, 6.45) is 3.79. The Labute approximate surface area is 115 Å². The van der Waals surface area contributed by atoms with E-state index in [1.165, 1.54) is 35.1 Å². The fourth-order valence-electron chi connectivity index (χ4n) is 2.34. The molecule has 1 heteroatoms. The highest BCUT2D eigenvalue weighted by molar-refractivity contribution is 5.64. The van der Waals surface area contributed by atoms with Crippen molar-refractivity contribution in [2.24, 2.45) is 0 Å². The highest BCUT2D eigenvalue weighted by Crippen LogP contribution is 2.22. The normalized spacial score (nSPS) is 14.6. The summed E-state index contributed by atoms with van der Waals surface area (Å²) in [5, 5.41) is 3.55. The minimum absolute atomic E-state index is 0.779. The fraction of sp³-hybridized carbons (Fsp3) is 0.333. The number of hydrogen-bond donors (Lipinski definition) is 1. The van der Waals surface area contributed by atoms with Crippen molar-refractivity contribution < 1.29 is 0 Å². The molecular formula is C18H21N. The van der Waals surface area contributed by atoms with Crippen LogP contribution in [0.15, 0.2) is 48.5 Å². The van der Waals surface area contributed by atoms with E-state index in [1.54, 1.807) is 0 Å². The van der Waals surface area contributed by atoms with Crippen molar-refractivity contribution in [1.82, 2.24) is 5.32 Å². The van der Waals surface area contributed by atoms with Crippen LogP contribution in [0.25, 0.3) is 11.1 Å². The summed E-state index contributed by atoms with van der Waals surface area (Å²) in [5.41, 5.74) is 5.41. The summed E-state index contributed by atoms with van der Waals surface area (Å²) < 4.78 is 0. The lowest BCUT2D eigenvalue weighted by Crippen LogP contribution is -2.14. The minimum Gasteiger partial charge on any atom is -0.310 e. The molecule has 1 saturated carbocycles. The van der Waals surface area contributed by atoms with Crippen LogP contribution >= 0.6 is 0 Å². The minimum atomic E-state index is 0.779. The van der Waals surface area contributed by atoms with Gasteiger partial charge in [0.2, 0.25) is 0 Å². The first kappa shape index (κ1) is 12.4. The van der Waals surface area contributed by atoms with Crippen LogP contribution in [0, 0.1) is 0 Å². The molecule has 19 heavy (non-hydrogen) atoms. The molecule has 98 valence electrons. The van der Waals surface area contributed by atoms with Gasteiger partial charge < -0.3 is 5.32 Å². The van der Waals surface area contributed by atoms with Crippen molar-refractivity contribution in [2.45, 2.75) is 38.8 Å². The lowest BCUT2D eigenvalue weighted by atomic mass is 10.0. The molecule has 0 bridgehead atoms. The molecule has 1 nitrogen and oxygen atoms in total. The second kappa shape index (κ2) is 5.58. The largest absolute Gasteiger partial charge is 0.310 e. The number of aryl methyl sites for hydroxylation is 1. The van der Waals surface area contributed by atoms with Crippen LogP contribution in [0.5, 0.6) is 0 Å². The summed E-state index contributed by atoms with van der Waals surface area (Å²) in [6.45, 7) is 3.20. The van der Waals surface area contributed by atoms with Crippen LogP contribution in [0.1, 0.15) is 30.9 Å². The first-order valence-electron chi connectivity index (χ1n) is 7.27. The van der Waals surface area contributed by atoms with Crippen molar-refractivity contribution in [3.05, 3.63) is 59.7 Å². The molecule has 0 heterocycles. The first-order valence-corrected chi connectivity index (χ1v) is 7.27. The van der Waals surface area contributed by atoms with Gasteiger partial charge in [-0.3, -0.25) is 0 Å². The topological polar surface area (TPSA) is 12.0 Å². The third-order valence-corrected chi connectivity index (χ3v) is 3.79. The monoisotopic (exact) mass is 251 g/mol. The molecule has 0 atom stereocenters. The zero-order valence-corrected chi connectivity index (χ0v) is 11.5. The van der Waals surface area contributed by atoms with Gasteiger partial charge in [0.15, 0.2) is 0 Å². The van der Waals surface area contributed by atoms with Gasteiger partial charge in [-0.1, -0.05) is 55.5 Å². The Bertz CT molecular complexity index is 538. The maximum Gasteiger partial charge on any atom is 0.0208 e. The molecule has 0 saturated heterocycles. The predicted molar refractivity (Wildman–Crippen MR) is 81.1 cm³/mol. The molecule has 0 unspecified atom stereocenters. The number of hydrogen-bond acceptors (Lipinski definition) is 1. The van der Waals surface area contributed by atoms with Crippen LogP contribution < -0.4 is 5.32 Å².